The van der Waals surface area contributed by atoms with E-state index >= 15 is 0 Å². The van der Waals surface area contributed by atoms with E-state index in [-0.39, 0.29) is 18.4 Å². The summed E-state index contributed by atoms with van der Waals surface area (Å²) in [5.41, 5.74) is 2.60. The third kappa shape index (κ3) is 4.22. The molecule has 0 aromatic heterocycles. The molecule has 1 aliphatic heterocycles. The van der Waals surface area contributed by atoms with Gasteiger partial charge in [-0.15, -0.1) is 0 Å². The summed E-state index contributed by atoms with van der Waals surface area (Å²) in [5, 5.41) is 2.87. The van der Waals surface area contributed by atoms with E-state index in [0.29, 0.717) is 24.4 Å². The first-order valence-electron chi connectivity index (χ1n) is 9.00. The number of methoxy groups -OCH3 is 1. The van der Waals surface area contributed by atoms with Crippen molar-refractivity contribution in [3.63, 3.8) is 0 Å². The molecule has 0 bridgehead atoms. The zero-order valence-electron chi connectivity index (χ0n) is 15.8. The lowest BCUT2D eigenvalue weighted by molar-refractivity contribution is -0.129. The highest BCUT2D eigenvalue weighted by Crippen LogP contribution is 2.35. The second kappa shape index (κ2) is 8.12. The summed E-state index contributed by atoms with van der Waals surface area (Å²) >= 11 is 0. The molecule has 1 atom stereocenters. The van der Waals surface area contributed by atoms with Crippen molar-refractivity contribution in [2.24, 2.45) is 0 Å². The standard InChI is InChI=1S/C21H24N2O4/c1-4-18-21(25)23(17-11-14(2)5-10-19(17)27-18)13-20(24)22-12-15-6-8-16(26-3)9-7-15/h5-11,18H,4,12-13H2,1-3H3,(H,22,24)/t18-/m0/s1. The first-order chi connectivity index (χ1) is 13.0. The number of rotatable bonds is 6. The number of nitrogens with zero attached hydrogens (tertiary/aromatic N) is 1. The molecule has 1 aliphatic rings. The SMILES string of the molecule is CC[C@@H]1Oc2ccc(C)cc2N(CC(=O)NCc2ccc(OC)cc2)C1=O. The molecule has 6 nitrogen and oxygen atoms in total. The summed E-state index contributed by atoms with van der Waals surface area (Å²) in [6.07, 6.45) is -0.00886. The van der Waals surface area contributed by atoms with Gasteiger partial charge in [-0.25, -0.2) is 0 Å². The fourth-order valence-corrected chi connectivity index (χ4v) is 3.00. The van der Waals surface area contributed by atoms with Gasteiger partial charge in [0.2, 0.25) is 5.91 Å². The molecule has 0 unspecified atom stereocenters. The van der Waals surface area contributed by atoms with Gasteiger partial charge in [0.05, 0.1) is 12.8 Å². The van der Waals surface area contributed by atoms with Gasteiger partial charge in [0.15, 0.2) is 6.10 Å². The second-order valence-corrected chi connectivity index (χ2v) is 6.54. The van der Waals surface area contributed by atoms with E-state index in [2.05, 4.69) is 5.32 Å². The molecule has 2 aromatic rings. The van der Waals surface area contributed by atoms with Crippen LogP contribution in [0.15, 0.2) is 42.5 Å². The quantitative estimate of drug-likeness (QED) is 0.851. The highest BCUT2D eigenvalue weighted by atomic mass is 16.5. The molecule has 0 radical (unpaired) electrons. The van der Waals surface area contributed by atoms with Crippen molar-refractivity contribution in [1.29, 1.82) is 0 Å². The van der Waals surface area contributed by atoms with Crippen molar-refractivity contribution in [2.75, 3.05) is 18.6 Å². The lowest BCUT2D eigenvalue weighted by Gasteiger charge is -2.33. The third-order valence-electron chi connectivity index (χ3n) is 4.54. The topological polar surface area (TPSA) is 67.9 Å². The summed E-state index contributed by atoms with van der Waals surface area (Å²) in [6.45, 7) is 4.19. The molecule has 2 aromatic carbocycles. The number of nitrogens with one attached hydrogen (secondary N) is 1. The number of carbonyl (C=O) groups excluding carboxylic acids is 2. The molecule has 6 heteroatoms. The predicted molar refractivity (Wildman–Crippen MR) is 103 cm³/mol. The van der Waals surface area contributed by atoms with Crippen molar-refractivity contribution in [3.05, 3.63) is 53.6 Å². The molecule has 27 heavy (non-hydrogen) atoms. The molecule has 0 saturated heterocycles. The zero-order chi connectivity index (χ0) is 19.4. The maximum absolute atomic E-state index is 12.7. The summed E-state index contributed by atoms with van der Waals surface area (Å²) < 4.78 is 10.9. The Labute approximate surface area is 159 Å². The molecule has 1 heterocycles. The third-order valence-corrected chi connectivity index (χ3v) is 4.54. The fraction of sp³-hybridized carbons (Fsp3) is 0.333. The number of hydrogen-bond acceptors (Lipinski definition) is 4. The van der Waals surface area contributed by atoms with Crippen LogP contribution in [0.1, 0.15) is 24.5 Å². The average Bonchev–Trinajstić information content (AvgIpc) is 2.69. The zero-order valence-corrected chi connectivity index (χ0v) is 15.8. The smallest absolute Gasteiger partial charge is 0.268 e. The van der Waals surface area contributed by atoms with Crippen molar-refractivity contribution in [2.45, 2.75) is 32.9 Å². The number of benzene rings is 2. The highest BCUT2D eigenvalue weighted by molar-refractivity contribution is 6.03. The van der Waals surface area contributed by atoms with Gasteiger partial charge in [-0.05, 0) is 48.7 Å². The summed E-state index contributed by atoms with van der Waals surface area (Å²) in [7, 11) is 1.61. The van der Waals surface area contributed by atoms with Crippen LogP contribution in [0.3, 0.4) is 0 Å². The molecule has 0 aliphatic carbocycles. The van der Waals surface area contributed by atoms with Crippen LogP contribution in [0.2, 0.25) is 0 Å². The first-order valence-corrected chi connectivity index (χ1v) is 9.00. The molecule has 0 spiro atoms. The summed E-state index contributed by atoms with van der Waals surface area (Å²) in [4.78, 5) is 26.7. The number of carbonyl (C=O) groups is 2. The summed E-state index contributed by atoms with van der Waals surface area (Å²) in [6, 6.07) is 13.1. The van der Waals surface area contributed by atoms with E-state index < -0.39 is 6.10 Å². The highest BCUT2D eigenvalue weighted by Gasteiger charge is 2.34. The number of ether oxygens (including phenoxy) is 2. The minimum atomic E-state index is -0.561. The molecule has 2 amide bonds. The molecule has 1 N–H and O–H groups in total. The van der Waals surface area contributed by atoms with Gasteiger partial charge < -0.3 is 14.8 Å². The Hall–Kier alpha value is -3.02. The van der Waals surface area contributed by atoms with Crippen LogP contribution in [-0.2, 0) is 16.1 Å². The van der Waals surface area contributed by atoms with E-state index in [0.717, 1.165) is 16.9 Å². The van der Waals surface area contributed by atoms with Crippen LogP contribution in [0.5, 0.6) is 11.5 Å². The van der Waals surface area contributed by atoms with Crippen molar-refractivity contribution in [1.82, 2.24) is 5.32 Å². The first kappa shape index (κ1) is 18.8. The Morgan fingerprint density at radius 2 is 1.96 bits per heavy atom. The number of anilines is 1. The van der Waals surface area contributed by atoms with Gasteiger partial charge in [-0.2, -0.15) is 0 Å². The number of aryl methyl sites for hydroxylation is 1. The Bertz CT molecular complexity index is 833. The Morgan fingerprint density at radius 3 is 2.63 bits per heavy atom. The Balaban J connectivity index is 1.70. The van der Waals surface area contributed by atoms with Crippen molar-refractivity contribution < 1.29 is 19.1 Å². The van der Waals surface area contributed by atoms with Crippen molar-refractivity contribution in [3.8, 4) is 11.5 Å². The Morgan fingerprint density at radius 1 is 1.22 bits per heavy atom. The van der Waals surface area contributed by atoms with Gasteiger partial charge in [0.25, 0.3) is 5.91 Å². The van der Waals surface area contributed by atoms with E-state index in [1.165, 1.54) is 4.90 Å². The largest absolute Gasteiger partial charge is 0.497 e. The maximum Gasteiger partial charge on any atom is 0.268 e. The van der Waals surface area contributed by atoms with Gasteiger partial charge >= 0.3 is 0 Å². The molecule has 0 saturated carbocycles. The normalized spacial score (nSPS) is 15.7. The van der Waals surface area contributed by atoms with Gasteiger partial charge in [-0.1, -0.05) is 25.1 Å². The molecule has 0 fully saturated rings. The van der Waals surface area contributed by atoms with Gasteiger partial charge in [0, 0.05) is 6.54 Å². The summed E-state index contributed by atoms with van der Waals surface area (Å²) in [5.74, 6) is 0.996. The van der Waals surface area contributed by atoms with Crippen LogP contribution in [0, 0.1) is 6.92 Å². The van der Waals surface area contributed by atoms with Crippen molar-refractivity contribution >= 4 is 17.5 Å². The van der Waals surface area contributed by atoms with Gasteiger partial charge in [-0.3, -0.25) is 14.5 Å². The number of fused-ring (bicyclic) bond motifs is 1. The van der Waals surface area contributed by atoms with Crippen LogP contribution >= 0.6 is 0 Å². The minimum Gasteiger partial charge on any atom is -0.497 e. The lowest BCUT2D eigenvalue weighted by Crippen LogP contribution is -2.49. The molecular formula is C21H24N2O4. The minimum absolute atomic E-state index is 0.0364. The molecule has 142 valence electrons. The monoisotopic (exact) mass is 368 g/mol. The van der Waals surface area contributed by atoms with Crippen LogP contribution in [0.25, 0.3) is 0 Å². The van der Waals surface area contributed by atoms with Crippen LogP contribution in [0.4, 0.5) is 5.69 Å². The lowest BCUT2D eigenvalue weighted by atomic mass is 10.1. The fourth-order valence-electron chi connectivity index (χ4n) is 3.00. The van der Waals surface area contributed by atoms with E-state index in [9.17, 15) is 9.59 Å². The van der Waals surface area contributed by atoms with E-state index in [1.807, 2.05) is 56.3 Å². The number of hydrogen-bond donors (Lipinski definition) is 1. The van der Waals surface area contributed by atoms with E-state index in [4.69, 9.17) is 9.47 Å². The number of amides is 2. The van der Waals surface area contributed by atoms with Crippen LogP contribution in [-0.4, -0.2) is 31.6 Å². The Kier molecular flexibility index (Phi) is 5.64. The van der Waals surface area contributed by atoms with Crippen LogP contribution < -0.4 is 19.7 Å². The van der Waals surface area contributed by atoms with Gasteiger partial charge in [0.1, 0.15) is 18.0 Å². The predicted octanol–water partition coefficient (Wildman–Crippen LogP) is 2.82. The second-order valence-electron chi connectivity index (χ2n) is 6.54. The average molecular weight is 368 g/mol. The van der Waals surface area contributed by atoms with E-state index in [1.54, 1.807) is 7.11 Å². The maximum atomic E-state index is 12.7. The molecular weight excluding hydrogens is 344 g/mol. The molecule has 3 rings (SSSR count).